The van der Waals surface area contributed by atoms with Gasteiger partial charge >= 0.3 is 0 Å². The zero-order valence-electron chi connectivity index (χ0n) is 14.2. The predicted molar refractivity (Wildman–Crippen MR) is 88.3 cm³/mol. The second-order valence-electron chi connectivity index (χ2n) is 6.01. The van der Waals surface area contributed by atoms with E-state index in [1.165, 1.54) is 0 Å². The van der Waals surface area contributed by atoms with Gasteiger partial charge in [0.2, 0.25) is 5.91 Å². The predicted octanol–water partition coefficient (Wildman–Crippen LogP) is 2.13. The molecule has 5 heteroatoms. The van der Waals surface area contributed by atoms with Crippen molar-refractivity contribution in [2.24, 2.45) is 11.7 Å². The molecule has 0 aliphatic carbocycles. The lowest BCUT2D eigenvalue weighted by Crippen LogP contribution is -2.55. The normalized spacial score (nSPS) is 13.6. The lowest BCUT2D eigenvalue weighted by atomic mass is 9.88. The highest BCUT2D eigenvalue weighted by atomic mass is 16.5. The Morgan fingerprint density at radius 3 is 2.41 bits per heavy atom. The maximum absolute atomic E-state index is 12.2. The van der Waals surface area contributed by atoms with E-state index in [0.29, 0.717) is 30.9 Å². The molecule has 0 aliphatic rings. The smallest absolute Gasteiger partial charge is 0.220 e. The van der Waals surface area contributed by atoms with Gasteiger partial charge in [0.1, 0.15) is 0 Å². The Kier molecular flexibility index (Phi) is 6.68. The molecule has 0 radical (unpaired) electrons. The van der Waals surface area contributed by atoms with Crippen molar-refractivity contribution >= 4 is 5.91 Å². The third-order valence-corrected chi connectivity index (χ3v) is 4.21. The van der Waals surface area contributed by atoms with Gasteiger partial charge in [-0.05, 0) is 37.0 Å². The van der Waals surface area contributed by atoms with Gasteiger partial charge in [-0.3, -0.25) is 4.79 Å². The first-order chi connectivity index (χ1) is 10.4. The Balaban J connectivity index is 2.64. The van der Waals surface area contributed by atoms with Crippen LogP contribution in [0.2, 0.25) is 0 Å². The maximum atomic E-state index is 12.2. The van der Waals surface area contributed by atoms with E-state index in [2.05, 4.69) is 19.2 Å². The van der Waals surface area contributed by atoms with E-state index < -0.39 is 0 Å². The number of carbonyl (C=O) groups is 1. The van der Waals surface area contributed by atoms with Crippen molar-refractivity contribution in [2.45, 2.75) is 39.2 Å². The Labute approximate surface area is 133 Å². The Morgan fingerprint density at radius 2 is 1.91 bits per heavy atom. The number of hydrogen-bond donors (Lipinski definition) is 2. The molecule has 0 fully saturated rings. The van der Waals surface area contributed by atoms with Crippen LogP contribution in [0.5, 0.6) is 11.5 Å². The molecule has 22 heavy (non-hydrogen) atoms. The summed E-state index contributed by atoms with van der Waals surface area (Å²) in [5.74, 6) is 1.65. The van der Waals surface area contributed by atoms with Gasteiger partial charge in [0.05, 0.1) is 19.8 Å². The van der Waals surface area contributed by atoms with E-state index in [0.717, 1.165) is 5.56 Å². The first-order valence-electron chi connectivity index (χ1n) is 7.58. The van der Waals surface area contributed by atoms with Crippen molar-refractivity contribution in [1.29, 1.82) is 0 Å². The lowest BCUT2D eigenvalue weighted by Gasteiger charge is -2.33. The summed E-state index contributed by atoms with van der Waals surface area (Å²) in [7, 11) is 3.20. The van der Waals surface area contributed by atoms with Crippen LogP contribution in [0, 0.1) is 5.92 Å². The van der Waals surface area contributed by atoms with Gasteiger partial charge in [-0.15, -0.1) is 0 Å². The zero-order chi connectivity index (χ0) is 16.8. The van der Waals surface area contributed by atoms with Crippen LogP contribution in [-0.4, -0.2) is 32.2 Å². The number of methoxy groups -OCH3 is 2. The van der Waals surface area contributed by atoms with E-state index in [9.17, 15) is 4.79 Å². The van der Waals surface area contributed by atoms with Crippen LogP contribution in [0.1, 0.15) is 32.8 Å². The third kappa shape index (κ3) is 4.63. The number of nitrogens with one attached hydrogen (secondary N) is 1. The molecular weight excluding hydrogens is 280 g/mol. The fourth-order valence-corrected chi connectivity index (χ4v) is 2.11. The van der Waals surface area contributed by atoms with Crippen LogP contribution >= 0.6 is 0 Å². The molecule has 0 saturated carbocycles. The molecule has 0 heterocycles. The number of carbonyl (C=O) groups excluding carboxylic acids is 1. The molecule has 124 valence electrons. The second-order valence-corrected chi connectivity index (χ2v) is 6.01. The minimum absolute atomic E-state index is 0.0106. The standard InChI is InChI=1S/C17H28N2O3/c1-12(2)17(3,11-18)19-16(20)9-7-13-6-8-14(21-4)15(10-13)22-5/h6,8,10,12H,7,9,11,18H2,1-5H3,(H,19,20). The van der Waals surface area contributed by atoms with Crippen LogP contribution in [0.15, 0.2) is 18.2 Å². The lowest BCUT2D eigenvalue weighted by molar-refractivity contribution is -0.123. The van der Waals surface area contributed by atoms with Crippen LogP contribution in [0.3, 0.4) is 0 Å². The van der Waals surface area contributed by atoms with Gasteiger partial charge in [-0.25, -0.2) is 0 Å². The molecule has 0 saturated heterocycles. The number of aryl methyl sites for hydroxylation is 1. The van der Waals surface area contributed by atoms with Gasteiger partial charge in [-0.1, -0.05) is 19.9 Å². The number of rotatable bonds is 8. The van der Waals surface area contributed by atoms with E-state index >= 15 is 0 Å². The van der Waals surface area contributed by atoms with Crippen LogP contribution < -0.4 is 20.5 Å². The second kappa shape index (κ2) is 8.03. The van der Waals surface area contributed by atoms with E-state index in [1.807, 2.05) is 25.1 Å². The third-order valence-electron chi connectivity index (χ3n) is 4.21. The van der Waals surface area contributed by atoms with Crippen molar-refractivity contribution in [3.63, 3.8) is 0 Å². The van der Waals surface area contributed by atoms with Gasteiger partial charge in [0.25, 0.3) is 0 Å². The topological polar surface area (TPSA) is 73.6 Å². The summed E-state index contributed by atoms with van der Waals surface area (Å²) in [6.45, 7) is 6.52. The highest BCUT2D eigenvalue weighted by Gasteiger charge is 2.28. The summed E-state index contributed by atoms with van der Waals surface area (Å²) in [5, 5.41) is 3.04. The van der Waals surface area contributed by atoms with Gasteiger partial charge in [0, 0.05) is 13.0 Å². The van der Waals surface area contributed by atoms with E-state index in [-0.39, 0.29) is 17.4 Å². The van der Waals surface area contributed by atoms with Crippen LogP contribution in [-0.2, 0) is 11.2 Å². The van der Waals surface area contributed by atoms with Gasteiger partial charge < -0.3 is 20.5 Å². The summed E-state index contributed by atoms with van der Waals surface area (Å²) in [5.41, 5.74) is 6.46. The SMILES string of the molecule is COc1ccc(CCC(=O)NC(C)(CN)C(C)C)cc1OC. The fourth-order valence-electron chi connectivity index (χ4n) is 2.11. The summed E-state index contributed by atoms with van der Waals surface area (Å²) in [6.07, 6.45) is 1.06. The number of nitrogens with two attached hydrogens (primary N) is 1. The number of hydrogen-bond acceptors (Lipinski definition) is 4. The van der Waals surface area contributed by atoms with Crippen molar-refractivity contribution in [3.05, 3.63) is 23.8 Å². The van der Waals surface area contributed by atoms with Crippen molar-refractivity contribution in [1.82, 2.24) is 5.32 Å². The number of ether oxygens (including phenoxy) is 2. The molecule has 0 aromatic heterocycles. The summed E-state index contributed by atoms with van der Waals surface area (Å²) in [4.78, 5) is 12.2. The highest BCUT2D eigenvalue weighted by Crippen LogP contribution is 2.28. The van der Waals surface area contributed by atoms with Crippen LogP contribution in [0.4, 0.5) is 0 Å². The fraction of sp³-hybridized carbons (Fsp3) is 0.588. The molecule has 0 spiro atoms. The summed E-state index contributed by atoms with van der Waals surface area (Å²) >= 11 is 0. The first-order valence-corrected chi connectivity index (χ1v) is 7.58. The van der Waals surface area contributed by atoms with Gasteiger partial charge in [-0.2, -0.15) is 0 Å². The van der Waals surface area contributed by atoms with Crippen molar-refractivity contribution in [2.75, 3.05) is 20.8 Å². The summed E-state index contributed by atoms with van der Waals surface area (Å²) < 4.78 is 10.5. The van der Waals surface area contributed by atoms with Crippen LogP contribution in [0.25, 0.3) is 0 Å². The van der Waals surface area contributed by atoms with Crippen molar-refractivity contribution in [3.8, 4) is 11.5 Å². The van der Waals surface area contributed by atoms with E-state index in [1.54, 1.807) is 14.2 Å². The number of amides is 1. The molecule has 1 atom stereocenters. The largest absolute Gasteiger partial charge is 0.493 e. The molecule has 1 aromatic rings. The molecule has 1 amide bonds. The Bertz CT molecular complexity index is 503. The average molecular weight is 308 g/mol. The zero-order valence-corrected chi connectivity index (χ0v) is 14.2. The molecule has 0 bridgehead atoms. The Morgan fingerprint density at radius 1 is 1.27 bits per heavy atom. The summed E-state index contributed by atoms with van der Waals surface area (Å²) in [6, 6.07) is 5.69. The molecule has 1 rings (SSSR count). The van der Waals surface area contributed by atoms with E-state index in [4.69, 9.17) is 15.2 Å². The molecule has 5 nitrogen and oxygen atoms in total. The average Bonchev–Trinajstić information content (AvgIpc) is 2.52. The first kappa shape index (κ1) is 18.3. The minimum Gasteiger partial charge on any atom is -0.493 e. The Hall–Kier alpha value is -1.75. The minimum atomic E-state index is -0.366. The highest BCUT2D eigenvalue weighted by molar-refractivity contribution is 5.77. The van der Waals surface area contributed by atoms with Gasteiger partial charge in [0.15, 0.2) is 11.5 Å². The monoisotopic (exact) mass is 308 g/mol. The molecular formula is C17H28N2O3. The quantitative estimate of drug-likeness (QED) is 0.771. The molecule has 3 N–H and O–H groups in total. The molecule has 0 aliphatic heterocycles. The molecule has 1 unspecified atom stereocenters. The molecule has 1 aromatic carbocycles. The number of benzene rings is 1. The maximum Gasteiger partial charge on any atom is 0.220 e. The van der Waals surface area contributed by atoms with Crippen molar-refractivity contribution < 1.29 is 14.3 Å².